The summed E-state index contributed by atoms with van der Waals surface area (Å²) in [5, 5.41) is 24.4. The van der Waals surface area contributed by atoms with E-state index in [0.29, 0.717) is 29.4 Å². The molecule has 0 aliphatic carbocycles. The molecule has 0 spiro atoms. The van der Waals surface area contributed by atoms with Gasteiger partial charge in [-0.05, 0) is 25.0 Å². The van der Waals surface area contributed by atoms with Crippen molar-refractivity contribution in [2.24, 2.45) is 0 Å². The Morgan fingerprint density at radius 2 is 2.17 bits per heavy atom. The molecule has 4 rings (SSSR count). The molecule has 3 heterocycles. The van der Waals surface area contributed by atoms with E-state index in [2.05, 4.69) is 10.1 Å². The van der Waals surface area contributed by atoms with Gasteiger partial charge in [0.15, 0.2) is 5.82 Å². The lowest BCUT2D eigenvalue weighted by molar-refractivity contribution is -0.141. The quantitative estimate of drug-likeness (QED) is 0.603. The lowest BCUT2D eigenvalue weighted by Crippen LogP contribution is -2.45. The lowest BCUT2D eigenvalue weighted by Gasteiger charge is -2.21. The second-order valence-corrected chi connectivity index (χ2v) is 6.97. The third kappa shape index (κ3) is 3.76. The lowest BCUT2D eigenvalue weighted by atomic mass is 9.84. The highest BCUT2D eigenvalue weighted by Gasteiger charge is 2.41. The number of aromatic nitrogens is 3. The summed E-state index contributed by atoms with van der Waals surface area (Å²) in [5.41, 5.74) is 0.674. The van der Waals surface area contributed by atoms with Crippen LogP contribution in [0.3, 0.4) is 0 Å². The Bertz CT molecular complexity index is 1030. The first-order valence-electron chi connectivity index (χ1n) is 9.28. The van der Waals surface area contributed by atoms with Gasteiger partial charge in [-0.25, -0.2) is 9.67 Å². The monoisotopic (exact) mass is 396 g/mol. The number of rotatable bonds is 6. The van der Waals surface area contributed by atoms with Crippen molar-refractivity contribution < 1.29 is 24.4 Å². The zero-order chi connectivity index (χ0) is 20.5. The average Bonchev–Trinajstić information content (AvgIpc) is 3.37. The van der Waals surface area contributed by atoms with Crippen LogP contribution in [0.5, 0.6) is 11.5 Å². The van der Waals surface area contributed by atoms with Crippen molar-refractivity contribution in [3.8, 4) is 17.3 Å². The molecule has 2 N–H and O–H groups in total. The van der Waals surface area contributed by atoms with Crippen LogP contribution in [0, 0.1) is 0 Å². The first-order chi connectivity index (χ1) is 14.0. The Morgan fingerprint density at radius 1 is 1.34 bits per heavy atom. The highest BCUT2D eigenvalue weighted by molar-refractivity contribution is 6.45. The molecule has 0 bridgehead atoms. The van der Waals surface area contributed by atoms with Gasteiger partial charge in [-0.1, -0.05) is 0 Å². The number of pyridine rings is 1. The number of ether oxygens (including phenoxy) is 2. The molecule has 1 fully saturated rings. The third-order valence-corrected chi connectivity index (χ3v) is 5.06. The summed E-state index contributed by atoms with van der Waals surface area (Å²) in [6.07, 6.45) is 3.33. The summed E-state index contributed by atoms with van der Waals surface area (Å²) in [6, 6.07) is 8.28. The van der Waals surface area contributed by atoms with Crippen molar-refractivity contribution in [2.45, 2.75) is 25.4 Å². The van der Waals surface area contributed by atoms with Crippen LogP contribution in [0.2, 0.25) is 6.82 Å². The SMILES string of the molecule is COc1ccc2c(OC3C[C@@H](C(=O)O)N(B(C)O)C3)cc(-n3cccn3)nc2c1. The smallest absolute Gasteiger partial charge is 0.377 e. The standard InChI is InChI=1S/C19H21BN4O5/c1-20(27)23-11-13(9-16(23)19(25)26)29-17-10-18(24-7-3-6-21-24)22-15-8-12(28-2)4-5-14(15)17/h3-8,10,13,16,27H,9,11H2,1-2H3,(H,25,26)/t13?,16-/m0/s1. The van der Waals surface area contributed by atoms with Crippen molar-refractivity contribution in [1.29, 1.82) is 0 Å². The molecule has 9 nitrogen and oxygen atoms in total. The fraction of sp³-hybridized carbons (Fsp3) is 0.316. The van der Waals surface area contributed by atoms with Crippen LogP contribution >= 0.6 is 0 Å². The topological polar surface area (TPSA) is 110 Å². The number of aliphatic carboxylic acids is 1. The van der Waals surface area contributed by atoms with Gasteiger partial charge in [0.05, 0.1) is 12.6 Å². The molecule has 1 aromatic carbocycles. The van der Waals surface area contributed by atoms with Crippen molar-refractivity contribution >= 4 is 23.9 Å². The number of hydrogen-bond donors (Lipinski definition) is 2. The molecule has 1 saturated heterocycles. The van der Waals surface area contributed by atoms with E-state index in [4.69, 9.17) is 9.47 Å². The predicted molar refractivity (Wildman–Crippen MR) is 106 cm³/mol. The van der Waals surface area contributed by atoms with Crippen molar-refractivity contribution in [1.82, 2.24) is 19.6 Å². The van der Waals surface area contributed by atoms with Crippen LogP contribution in [-0.4, -0.2) is 68.5 Å². The highest BCUT2D eigenvalue weighted by Crippen LogP contribution is 2.32. The van der Waals surface area contributed by atoms with Crippen molar-refractivity contribution in [3.05, 3.63) is 42.7 Å². The van der Waals surface area contributed by atoms with E-state index >= 15 is 0 Å². The molecule has 10 heteroatoms. The maximum absolute atomic E-state index is 11.6. The number of carboxylic acids is 1. The van der Waals surface area contributed by atoms with E-state index in [1.165, 1.54) is 4.81 Å². The Hall–Kier alpha value is -3.11. The summed E-state index contributed by atoms with van der Waals surface area (Å²) >= 11 is 0. The highest BCUT2D eigenvalue weighted by atomic mass is 16.5. The maximum Gasteiger partial charge on any atom is 0.377 e. The van der Waals surface area contributed by atoms with Gasteiger partial charge in [0, 0.05) is 42.9 Å². The zero-order valence-corrected chi connectivity index (χ0v) is 16.1. The van der Waals surface area contributed by atoms with E-state index in [1.54, 1.807) is 43.1 Å². The number of carbonyl (C=O) groups is 1. The molecule has 0 amide bonds. The molecule has 3 aromatic rings. The van der Waals surface area contributed by atoms with Crippen LogP contribution in [0.1, 0.15) is 6.42 Å². The number of nitrogens with zero attached hydrogens (tertiary/aromatic N) is 4. The van der Waals surface area contributed by atoms with Gasteiger partial charge in [0.2, 0.25) is 0 Å². The fourth-order valence-corrected chi connectivity index (χ4v) is 3.65. The molecule has 0 saturated carbocycles. The molecule has 2 aromatic heterocycles. The summed E-state index contributed by atoms with van der Waals surface area (Å²) in [7, 11) is 0.716. The van der Waals surface area contributed by atoms with Gasteiger partial charge in [-0.15, -0.1) is 0 Å². The molecule has 1 aliphatic heterocycles. The largest absolute Gasteiger partial charge is 0.497 e. The summed E-state index contributed by atoms with van der Waals surface area (Å²) < 4.78 is 13.2. The third-order valence-electron chi connectivity index (χ3n) is 5.06. The van der Waals surface area contributed by atoms with Gasteiger partial charge in [0.1, 0.15) is 23.6 Å². The maximum atomic E-state index is 11.6. The molecule has 2 atom stereocenters. The molecule has 1 unspecified atom stereocenters. The first-order valence-corrected chi connectivity index (χ1v) is 9.28. The number of fused-ring (bicyclic) bond motifs is 1. The number of benzene rings is 1. The van der Waals surface area contributed by atoms with E-state index in [-0.39, 0.29) is 12.5 Å². The summed E-state index contributed by atoms with van der Waals surface area (Å²) in [4.78, 5) is 17.7. The molecule has 1 aliphatic rings. The molecule has 29 heavy (non-hydrogen) atoms. The Labute approximate surface area is 167 Å². The average molecular weight is 396 g/mol. The minimum atomic E-state index is -0.974. The van der Waals surface area contributed by atoms with E-state index in [0.717, 1.165) is 5.39 Å². The predicted octanol–water partition coefficient (Wildman–Crippen LogP) is 1.45. The Kier molecular flexibility index (Phi) is 5.12. The normalized spacial score (nSPS) is 19.4. The van der Waals surface area contributed by atoms with Crippen LogP contribution in [-0.2, 0) is 4.79 Å². The van der Waals surface area contributed by atoms with E-state index < -0.39 is 19.1 Å². The Morgan fingerprint density at radius 3 is 2.79 bits per heavy atom. The van der Waals surface area contributed by atoms with Gasteiger partial charge in [-0.3, -0.25) is 4.79 Å². The number of carboxylic acid groups (broad SMARTS) is 1. The fourth-order valence-electron chi connectivity index (χ4n) is 3.65. The molecular formula is C19H21BN4O5. The molecule has 150 valence electrons. The van der Waals surface area contributed by atoms with Gasteiger partial charge in [0.25, 0.3) is 0 Å². The summed E-state index contributed by atoms with van der Waals surface area (Å²) in [6.45, 7) is 1.87. The minimum absolute atomic E-state index is 0.275. The van der Waals surface area contributed by atoms with Crippen LogP contribution in [0.25, 0.3) is 16.7 Å². The van der Waals surface area contributed by atoms with Crippen molar-refractivity contribution in [3.63, 3.8) is 0 Å². The van der Waals surface area contributed by atoms with Gasteiger partial charge < -0.3 is 24.4 Å². The van der Waals surface area contributed by atoms with Gasteiger partial charge >= 0.3 is 13.0 Å². The number of hydrogen-bond acceptors (Lipinski definition) is 7. The van der Waals surface area contributed by atoms with Crippen molar-refractivity contribution in [2.75, 3.05) is 13.7 Å². The van der Waals surface area contributed by atoms with E-state index in [9.17, 15) is 14.9 Å². The van der Waals surface area contributed by atoms with Gasteiger partial charge in [-0.2, -0.15) is 5.10 Å². The van der Waals surface area contributed by atoms with Crippen LogP contribution in [0.15, 0.2) is 42.7 Å². The van der Waals surface area contributed by atoms with Crippen LogP contribution < -0.4 is 9.47 Å². The second-order valence-electron chi connectivity index (χ2n) is 6.97. The van der Waals surface area contributed by atoms with Crippen LogP contribution in [0.4, 0.5) is 0 Å². The minimum Gasteiger partial charge on any atom is -0.497 e. The van der Waals surface area contributed by atoms with E-state index in [1.807, 2.05) is 18.2 Å². The Balaban J connectivity index is 1.72. The second kappa shape index (κ2) is 7.73. The summed E-state index contributed by atoms with van der Waals surface area (Å²) in [5.74, 6) is 0.842. The molecule has 0 radical (unpaired) electrons. The zero-order valence-electron chi connectivity index (χ0n) is 16.1. The number of methoxy groups -OCH3 is 1. The first kappa shape index (κ1) is 19.2. The molecular weight excluding hydrogens is 375 g/mol.